The first-order valence-electron chi connectivity index (χ1n) is 6.69. The average Bonchev–Trinajstić information content (AvgIpc) is 2.48. The minimum absolute atomic E-state index is 0.0904. The summed E-state index contributed by atoms with van der Waals surface area (Å²) in [5.74, 6) is 0.552. The van der Waals surface area contributed by atoms with Crippen molar-refractivity contribution in [1.82, 2.24) is 0 Å². The molecular weight excluding hydrogens is 285 g/mol. The largest absolute Gasteiger partial charge is 0.508 e. The van der Waals surface area contributed by atoms with Crippen molar-refractivity contribution in [2.75, 3.05) is 11.1 Å². The molecule has 21 heavy (non-hydrogen) atoms. The van der Waals surface area contributed by atoms with Crippen LogP contribution in [0.15, 0.2) is 60.0 Å². The molecule has 2 nitrogen and oxygen atoms in total. The lowest BCUT2D eigenvalue weighted by molar-refractivity contribution is 0.462. The van der Waals surface area contributed by atoms with Gasteiger partial charge in [-0.25, -0.2) is 4.39 Å². The molecule has 1 unspecified atom stereocenters. The van der Waals surface area contributed by atoms with Gasteiger partial charge >= 0.3 is 0 Å². The summed E-state index contributed by atoms with van der Waals surface area (Å²) in [4.78, 5) is 1.10. The highest BCUT2D eigenvalue weighted by Gasteiger charge is 2.13. The zero-order chi connectivity index (χ0) is 15.2. The number of phenols is 1. The molecule has 0 aliphatic rings. The monoisotopic (exact) mass is 303 g/mol. The van der Waals surface area contributed by atoms with Crippen LogP contribution >= 0.6 is 11.8 Å². The van der Waals surface area contributed by atoms with Crippen LogP contribution in [0, 0.1) is 5.82 Å². The summed E-state index contributed by atoms with van der Waals surface area (Å²) in [6.07, 6.45) is 1.85. The van der Waals surface area contributed by atoms with Gasteiger partial charge in [0.15, 0.2) is 0 Å². The van der Waals surface area contributed by atoms with Gasteiger partial charge in [-0.1, -0.05) is 18.2 Å². The SMILES string of the molecule is C=CCSc1ccccc1NC(C)c1cc(F)ccc1O. The number of halogens is 1. The van der Waals surface area contributed by atoms with E-state index in [1.807, 2.05) is 37.3 Å². The molecule has 0 amide bonds. The summed E-state index contributed by atoms with van der Waals surface area (Å²) in [6, 6.07) is 11.7. The van der Waals surface area contributed by atoms with E-state index in [0.717, 1.165) is 16.3 Å². The zero-order valence-corrected chi connectivity index (χ0v) is 12.7. The molecule has 0 saturated heterocycles. The fourth-order valence-corrected chi connectivity index (χ4v) is 2.80. The second-order valence-corrected chi connectivity index (χ2v) is 5.73. The second kappa shape index (κ2) is 7.18. The van der Waals surface area contributed by atoms with Crippen molar-refractivity contribution in [2.24, 2.45) is 0 Å². The van der Waals surface area contributed by atoms with Gasteiger partial charge in [0.2, 0.25) is 0 Å². The standard InChI is InChI=1S/C17H18FNOS/c1-3-10-21-17-7-5-4-6-15(17)19-12(2)14-11-13(18)8-9-16(14)20/h3-9,11-12,19-20H,1,10H2,2H3. The van der Waals surface area contributed by atoms with Crippen LogP contribution < -0.4 is 5.32 Å². The third kappa shape index (κ3) is 4.02. The van der Waals surface area contributed by atoms with Crippen molar-refractivity contribution >= 4 is 17.4 Å². The second-order valence-electron chi connectivity index (χ2n) is 4.67. The quantitative estimate of drug-likeness (QED) is 0.583. The highest BCUT2D eigenvalue weighted by atomic mass is 32.2. The third-order valence-electron chi connectivity index (χ3n) is 3.07. The number of phenolic OH excluding ortho intramolecular Hbond substituents is 1. The normalized spacial score (nSPS) is 11.9. The maximum atomic E-state index is 13.3. The van der Waals surface area contributed by atoms with Crippen LogP contribution in [0.4, 0.5) is 10.1 Å². The topological polar surface area (TPSA) is 32.3 Å². The van der Waals surface area contributed by atoms with Gasteiger partial charge in [-0.05, 0) is 37.3 Å². The van der Waals surface area contributed by atoms with E-state index in [1.54, 1.807) is 11.8 Å². The number of hydrogen-bond acceptors (Lipinski definition) is 3. The first-order chi connectivity index (χ1) is 10.1. The fraction of sp³-hybridized carbons (Fsp3) is 0.176. The fourth-order valence-electron chi connectivity index (χ4n) is 2.04. The van der Waals surface area contributed by atoms with Crippen LogP contribution in [0.1, 0.15) is 18.5 Å². The van der Waals surface area contributed by atoms with E-state index in [0.29, 0.717) is 5.56 Å². The lowest BCUT2D eigenvalue weighted by Gasteiger charge is -2.19. The van der Waals surface area contributed by atoms with Gasteiger partial charge in [0.05, 0.1) is 6.04 Å². The van der Waals surface area contributed by atoms with Crippen LogP contribution in [0.3, 0.4) is 0 Å². The predicted octanol–water partition coefficient (Wildman–Crippen LogP) is 4.98. The van der Waals surface area contributed by atoms with Gasteiger partial charge in [-0.15, -0.1) is 18.3 Å². The lowest BCUT2D eigenvalue weighted by atomic mass is 10.1. The summed E-state index contributed by atoms with van der Waals surface area (Å²) >= 11 is 1.67. The first-order valence-corrected chi connectivity index (χ1v) is 7.68. The van der Waals surface area contributed by atoms with E-state index in [-0.39, 0.29) is 17.6 Å². The molecule has 2 aromatic rings. The molecule has 0 aliphatic heterocycles. The molecule has 0 aromatic heterocycles. The van der Waals surface area contributed by atoms with Gasteiger partial charge < -0.3 is 10.4 Å². The highest BCUT2D eigenvalue weighted by Crippen LogP contribution is 2.32. The average molecular weight is 303 g/mol. The van der Waals surface area contributed by atoms with E-state index in [9.17, 15) is 9.50 Å². The Balaban J connectivity index is 2.21. The molecule has 1 atom stereocenters. The Bertz CT molecular complexity index is 630. The van der Waals surface area contributed by atoms with E-state index in [4.69, 9.17) is 0 Å². The Kier molecular flexibility index (Phi) is 5.28. The number of anilines is 1. The number of para-hydroxylation sites is 1. The Morgan fingerprint density at radius 3 is 2.86 bits per heavy atom. The van der Waals surface area contributed by atoms with Gasteiger partial charge in [0.25, 0.3) is 0 Å². The first kappa shape index (κ1) is 15.4. The van der Waals surface area contributed by atoms with E-state index in [1.165, 1.54) is 18.2 Å². The predicted molar refractivity (Wildman–Crippen MR) is 87.5 cm³/mol. The summed E-state index contributed by atoms with van der Waals surface area (Å²) in [5, 5.41) is 13.2. The Morgan fingerprint density at radius 1 is 1.33 bits per heavy atom. The lowest BCUT2D eigenvalue weighted by Crippen LogP contribution is -2.08. The van der Waals surface area contributed by atoms with Crippen LogP contribution in [-0.2, 0) is 0 Å². The molecule has 0 aliphatic carbocycles. The molecule has 2 rings (SSSR count). The molecule has 0 fully saturated rings. The van der Waals surface area contributed by atoms with Gasteiger partial charge in [-0.3, -0.25) is 0 Å². The van der Waals surface area contributed by atoms with E-state index in [2.05, 4.69) is 11.9 Å². The number of aromatic hydroxyl groups is 1. The molecule has 0 saturated carbocycles. The van der Waals surface area contributed by atoms with Crippen molar-refractivity contribution in [3.8, 4) is 5.75 Å². The van der Waals surface area contributed by atoms with E-state index < -0.39 is 0 Å². The maximum Gasteiger partial charge on any atom is 0.123 e. The Labute approximate surface area is 128 Å². The summed E-state index contributed by atoms with van der Waals surface area (Å²) < 4.78 is 13.3. The molecule has 4 heteroatoms. The van der Waals surface area contributed by atoms with Crippen molar-refractivity contribution < 1.29 is 9.50 Å². The maximum absolute atomic E-state index is 13.3. The van der Waals surface area contributed by atoms with Crippen LogP contribution in [0.25, 0.3) is 0 Å². The third-order valence-corrected chi connectivity index (χ3v) is 4.14. The summed E-state index contributed by atoms with van der Waals surface area (Å²) in [7, 11) is 0. The van der Waals surface area contributed by atoms with Crippen molar-refractivity contribution in [3.05, 3.63) is 66.5 Å². The number of hydrogen-bond donors (Lipinski definition) is 2. The smallest absolute Gasteiger partial charge is 0.123 e. The molecular formula is C17H18FNOS. The number of nitrogens with one attached hydrogen (secondary N) is 1. The number of thioether (sulfide) groups is 1. The molecule has 0 bridgehead atoms. The highest BCUT2D eigenvalue weighted by molar-refractivity contribution is 7.99. The molecule has 2 aromatic carbocycles. The van der Waals surface area contributed by atoms with Gasteiger partial charge in [0.1, 0.15) is 11.6 Å². The molecule has 0 spiro atoms. The molecule has 0 radical (unpaired) electrons. The van der Waals surface area contributed by atoms with Crippen molar-refractivity contribution in [2.45, 2.75) is 17.9 Å². The van der Waals surface area contributed by atoms with E-state index >= 15 is 0 Å². The van der Waals surface area contributed by atoms with Crippen LogP contribution in [0.5, 0.6) is 5.75 Å². The Morgan fingerprint density at radius 2 is 2.10 bits per heavy atom. The minimum Gasteiger partial charge on any atom is -0.508 e. The molecule has 110 valence electrons. The van der Waals surface area contributed by atoms with Gasteiger partial charge in [-0.2, -0.15) is 0 Å². The molecule has 0 heterocycles. The summed E-state index contributed by atoms with van der Waals surface area (Å²) in [6.45, 7) is 5.61. The molecule has 2 N–H and O–H groups in total. The number of benzene rings is 2. The van der Waals surface area contributed by atoms with Crippen LogP contribution in [-0.4, -0.2) is 10.9 Å². The van der Waals surface area contributed by atoms with Crippen molar-refractivity contribution in [1.29, 1.82) is 0 Å². The minimum atomic E-state index is -0.356. The Hall–Kier alpha value is -1.94. The zero-order valence-electron chi connectivity index (χ0n) is 11.8. The van der Waals surface area contributed by atoms with Crippen LogP contribution in [0.2, 0.25) is 0 Å². The number of rotatable bonds is 6. The summed E-state index contributed by atoms with van der Waals surface area (Å²) in [5.41, 5.74) is 1.50. The van der Waals surface area contributed by atoms with Gasteiger partial charge in [0, 0.05) is 21.9 Å². The van der Waals surface area contributed by atoms with Crippen molar-refractivity contribution in [3.63, 3.8) is 0 Å².